The molecule has 0 amide bonds. The molecule has 3 nitrogen and oxygen atoms in total. The van der Waals surface area contributed by atoms with Crippen LogP contribution in [0.3, 0.4) is 0 Å². The number of anilines is 1. The van der Waals surface area contributed by atoms with Gasteiger partial charge in [0.05, 0.1) is 11.3 Å². The molecular formula is C16H16ClN3. The van der Waals surface area contributed by atoms with Gasteiger partial charge in [-0.05, 0) is 30.2 Å². The maximum absolute atomic E-state index is 9.06. The Balaban J connectivity index is 1.92. The van der Waals surface area contributed by atoms with Crippen LogP contribution in [0.4, 0.5) is 5.69 Å². The Morgan fingerprint density at radius 1 is 1.20 bits per heavy atom. The Morgan fingerprint density at radius 3 is 2.65 bits per heavy atom. The summed E-state index contributed by atoms with van der Waals surface area (Å²) in [7, 11) is 0. The van der Waals surface area contributed by atoms with Gasteiger partial charge in [-0.3, -0.25) is 0 Å². The summed E-state index contributed by atoms with van der Waals surface area (Å²) < 4.78 is 0. The summed E-state index contributed by atoms with van der Waals surface area (Å²) in [6.07, 6.45) is 0.789. The van der Waals surface area contributed by atoms with Gasteiger partial charge in [-0.15, -0.1) is 0 Å². The molecule has 0 radical (unpaired) electrons. The van der Waals surface area contributed by atoms with Crippen molar-refractivity contribution in [2.45, 2.75) is 12.5 Å². The van der Waals surface area contributed by atoms with Gasteiger partial charge in [-0.25, -0.2) is 0 Å². The predicted octanol–water partition coefficient (Wildman–Crippen LogP) is 3.71. The molecule has 0 aliphatic rings. The molecule has 2 aromatic carbocycles. The van der Waals surface area contributed by atoms with Crippen LogP contribution < -0.4 is 11.1 Å². The van der Waals surface area contributed by atoms with Crippen LogP contribution in [-0.2, 0) is 0 Å². The molecule has 0 fully saturated rings. The molecule has 1 atom stereocenters. The van der Waals surface area contributed by atoms with E-state index in [2.05, 4.69) is 11.4 Å². The van der Waals surface area contributed by atoms with Gasteiger partial charge < -0.3 is 11.1 Å². The van der Waals surface area contributed by atoms with Crippen molar-refractivity contribution in [1.29, 1.82) is 5.26 Å². The van der Waals surface area contributed by atoms with Crippen molar-refractivity contribution in [2.75, 3.05) is 11.9 Å². The highest BCUT2D eigenvalue weighted by atomic mass is 35.5. The summed E-state index contributed by atoms with van der Waals surface area (Å²) in [4.78, 5) is 0. The van der Waals surface area contributed by atoms with Crippen LogP contribution in [0.15, 0.2) is 48.5 Å². The zero-order valence-corrected chi connectivity index (χ0v) is 11.8. The third kappa shape index (κ3) is 3.74. The van der Waals surface area contributed by atoms with Crippen LogP contribution in [0.2, 0.25) is 5.02 Å². The molecule has 1 unspecified atom stereocenters. The average molecular weight is 286 g/mol. The van der Waals surface area contributed by atoms with E-state index in [0.29, 0.717) is 17.1 Å². The largest absolute Gasteiger partial charge is 0.384 e. The molecule has 0 heterocycles. The topological polar surface area (TPSA) is 61.8 Å². The van der Waals surface area contributed by atoms with Crippen molar-refractivity contribution in [3.63, 3.8) is 0 Å². The number of hydrogen-bond donors (Lipinski definition) is 2. The highest BCUT2D eigenvalue weighted by Gasteiger charge is 2.06. The summed E-state index contributed by atoms with van der Waals surface area (Å²) >= 11 is 5.86. The number of halogens is 1. The molecular weight excluding hydrogens is 270 g/mol. The molecule has 0 spiro atoms. The fourth-order valence-electron chi connectivity index (χ4n) is 1.99. The molecule has 20 heavy (non-hydrogen) atoms. The molecule has 0 aliphatic carbocycles. The molecule has 0 saturated heterocycles. The average Bonchev–Trinajstić information content (AvgIpc) is 2.49. The minimum absolute atomic E-state index is 0.0125. The first-order chi connectivity index (χ1) is 9.70. The van der Waals surface area contributed by atoms with Gasteiger partial charge in [-0.1, -0.05) is 41.9 Å². The molecule has 0 aliphatic heterocycles. The maximum Gasteiger partial charge on any atom is 0.101 e. The number of benzene rings is 2. The van der Waals surface area contributed by atoms with E-state index in [-0.39, 0.29) is 6.04 Å². The standard InChI is InChI=1S/C16H16ClN3/c17-14-6-7-16(13(10-14)11-18)20-9-8-15(19)12-4-2-1-3-5-12/h1-7,10,15,20H,8-9,19H2. The SMILES string of the molecule is N#Cc1cc(Cl)ccc1NCCC(N)c1ccccc1. The summed E-state index contributed by atoms with van der Waals surface area (Å²) in [5.74, 6) is 0. The summed E-state index contributed by atoms with van der Waals surface area (Å²) in [5, 5.41) is 12.9. The number of hydrogen-bond acceptors (Lipinski definition) is 3. The molecule has 0 bridgehead atoms. The Kier molecular flexibility index (Phi) is 5.00. The lowest BCUT2D eigenvalue weighted by molar-refractivity contribution is 0.675. The third-order valence-corrected chi connectivity index (χ3v) is 3.34. The number of nitrogens with zero attached hydrogens (tertiary/aromatic N) is 1. The lowest BCUT2D eigenvalue weighted by Gasteiger charge is -2.14. The van der Waals surface area contributed by atoms with E-state index in [0.717, 1.165) is 17.7 Å². The Labute approximate surface area is 124 Å². The minimum atomic E-state index is -0.0125. The van der Waals surface area contributed by atoms with Crippen LogP contribution in [0.1, 0.15) is 23.6 Å². The Hall–Kier alpha value is -2.02. The van der Waals surface area contributed by atoms with Crippen molar-refractivity contribution in [2.24, 2.45) is 5.73 Å². The van der Waals surface area contributed by atoms with Crippen molar-refractivity contribution >= 4 is 17.3 Å². The van der Waals surface area contributed by atoms with E-state index in [4.69, 9.17) is 22.6 Å². The maximum atomic E-state index is 9.06. The highest BCUT2D eigenvalue weighted by Crippen LogP contribution is 2.20. The fraction of sp³-hybridized carbons (Fsp3) is 0.188. The Bertz CT molecular complexity index is 605. The fourth-order valence-corrected chi connectivity index (χ4v) is 2.16. The second-order valence-electron chi connectivity index (χ2n) is 4.53. The monoisotopic (exact) mass is 285 g/mol. The van der Waals surface area contributed by atoms with E-state index >= 15 is 0 Å². The van der Waals surface area contributed by atoms with E-state index in [1.165, 1.54) is 0 Å². The van der Waals surface area contributed by atoms with Gasteiger partial charge in [0.15, 0.2) is 0 Å². The van der Waals surface area contributed by atoms with Crippen LogP contribution in [0.5, 0.6) is 0 Å². The number of nitriles is 1. The van der Waals surface area contributed by atoms with Gasteiger partial charge >= 0.3 is 0 Å². The Morgan fingerprint density at radius 2 is 1.95 bits per heavy atom. The van der Waals surface area contributed by atoms with Crippen molar-refractivity contribution < 1.29 is 0 Å². The van der Waals surface area contributed by atoms with Crippen molar-refractivity contribution in [1.82, 2.24) is 0 Å². The normalized spacial score (nSPS) is 11.7. The highest BCUT2D eigenvalue weighted by molar-refractivity contribution is 6.30. The zero-order chi connectivity index (χ0) is 14.4. The molecule has 2 rings (SSSR count). The summed E-state index contributed by atoms with van der Waals surface area (Å²) in [6, 6.07) is 17.3. The first-order valence-electron chi connectivity index (χ1n) is 6.45. The van der Waals surface area contributed by atoms with Crippen LogP contribution in [-0.4, -0.2) is 6.54 Å². The van der Waals surface area contributed by atoms with Crippen LogP contribution in [0, 0.1) is 11.3 Å². The van der Waals surface area contributed by atoms with Crippen molar-refractivity contribution in [3.8, 4) is 6.07 Å². The third-order valence-electron chi connectivity index (χ3n) is 3.10. The van der Waals surface area contributed by atoms with E-state index in [1.54, 1.807) is 12.1 Å². The van der Waals surface area contributed by atoms with Crippen LogP contribution >= 0.6 is 11.6 Å². The predicted molar refractivity (Wildman–Crippen MR) is 82.6 cm³/mol. The second-order valence-corrected chi connectivity index (χ2v) is 4.97. The summed E-state index contributed by atoms with van der Waals surface area (Å²) in [5.41, 5.74) is 8.58. The van der Waals surface area contributed by atoms with Crippen molar-refractivity contribution in [3.05, 3.63) is 64.7 Å². The van der Waals surface area contributed by atoms with Gasteiger partial charge in [0.25, 0.3) is 0 Å². The smallest absolute Gasteiger partial charge is 0.101 e. The lowest BCUT2D eigenvalue weighted by atomic mass is 10.0. The zero-order valence-electron chi connectivity index (χ0n) is 11.0. The number of nitrogens with two attached hydrogens (primary N) is 1. The number of nitrogens with one attached hydrogen (secondary N) is 1. The molecule has 2 aromatic rings. The second kappa shape index (κ2) is 6.95. The lowest BCUT2D eigenvalue weighted by Crippen LogP contribution is -2.15. The summed E-state index contributed by atoms with van der Waals surface area (Å²) in [6.45, 7) is 0.701. The first-order valence-corrected chi connectivity index (χ1v) is 6.82. The van der Waals surface area contributed by atoms with E-state index in [9.17, 15) is 0 Å². The number of rotatable bonds is 5. The van der Waals surface area contributed by atoms with Gasteiger partial charge in [0.2, 0.25) is 0 Å². The van der Waals surface area contributed by atoms with Gasteiger partial charge in [0.1, 0.15) is 6.07 Å². The quantitative estimate of drug-likeness (QED) is 0.880. The first kappa shape index (κ1) is 14.4. The molecule has 3 N–H and O–H groups in total. The van der Waals surface area contributed by atoms with Crippen LogP contribution in [0.25, 0.3) is 0 Å². The van der Waals surface area contributed by atoms with E-state index in [1.807, 2.05) is 36.4 Å². The molecule has 0 aromatic heterocycles. The molecule has 102 valence electrons. The molecule has 0 saturated carbocycles. The van der Waals surface area contributed by atoms with E-state index < -0.39 is 0 Å². The van der Waals surface area contributed by atoms with Gasteiger partial charge in [-0.2, -0.15) is 5.26 Å². The minimum Gasteiger partial charge on any atom is -0.384 e. The van der Waals surface area contributed by atoms with Gasteiger partial charge in [0, 0.05) is 17.6 Å². The molecule has 4 heteroatoms.